The standard InChI is InChI=1S/C15H19N3O4S/c1-11(23-13-6-4-12(5-7-13)18(21)22)15(20)16-10-14(19)17-8-2-3-9-17/h4-7,11H,2-3,8-10H2,1H3,(H,16,20). The SMILES string of the molecule is CC(Sc1ccc([N+](=O)[O-])cc1)C(=O)NCC(=O)N1CCCC1. The molecular formula is C15H19N3O4S. The number of rotatable bonds is 6. The number of benzene rings is 1. The molecule has 7 nitrogen and oxygen atoms in total. The molecule has 1 heterocycles. The number of likely N-dealkylation sites (tertiary alicyclic amines) is 1. The van der Waals surface area contributed by atoms with Crippen LogP contribution in [-0.4, -0.2) is 46.5 Å². The molecule has 2 amide bonds. The summed E-state index contributed by atoms with van der Waals surface area (Å²) in [5.41, 5.74) is 0.0164. The van der Waals surface area contributed by atoms with E-state index >= 15 is 0 Å². The Balaban J connectivity index is 1.80. The fourth-order valence-corrected chi connectivity index (χ4v) is 3.18. The number of thioether (sulfide) groups is 1. The zero-order valence-electron chi connectivity index (χ0n) is 12.9. The van der Waals surface area contributed by atoms with Crippen LogP contribution in [0.15, 0.2) is 29.2 Å². The lowest BCUT2D eigenvalue weighted by molar-refractivity contribution is -0.384. The fraction of sp³-hybridized carbons (Fsp3) is 0.467. The topological polar surface area (TPSA) is 92.5 Å². The van der Waals surface area contributed by atoms with Crippen LogP contribution in [0.1, 0.15) is 19.8 Å². The number of amides is 2. The molecule has 0 aromatic heterocycles. The van der Waals surface area contributed by atoms with Gasteiger partial charge in [-0.05, 0) is 31.9 Å². The first kappa shape index (κ1) is 17.3. The first-order valence-corrected chi connectivity index (χ1v) is 8.32. The molecular weight excluding hydrogens is 318 g/mol. The molecule has 0 aliphatic carbocycles. The monoisotopic (exact) mass is 337 g/mol. The van der Waals surface area contributed by atoms with E-state index < -0.39 is 4.92 Å². The lowest BCUT2D eigenvalue weighted by Gasteiger charge is -2.17. The number of carbonyl (C=O) groups is 2. The number of hydrogen-bond donors (Lipinski definition) is 1. The van der Waals surface area contributed by atoms with E-state index in [2.05, 4.69) is 5.32 Å². The summed E-state index contributed by atoms with van der Waals surface area (Å²) in [6.45, 7) is 3.29. The second kappa shape index (κ2) is 7.96. The summed E-state index contributed by atoms with van der Waals surface area (Å²) < 4.78 is 0. The lowest BCUT2D eigenvalue weighted by Crippen LogP contribution is -2.41. The van der Waals surface area contributed by atoms with Crippen LogP contribution < -0.4 is 5.32 Å². The average Bonchev–Trinajstić information content (AvgIpc) is 3.07. The van der Waals surface area contributed by atoms with Gasteiger partial charge in [-0.1, -0.05) is 0 Å². The van der Waals surface area contributed by atoms with Crippen molar-refractivity contribution in [2.75, 3.05) is 19.6 Å². The molecule has 1 saturated heterocycles. The number of nitro groups is 1. The molecule has 1 atom stereocenters. The van der Waals surface area contributed by atoms with Gasteiger partial charge in [-0.2, -0.15) is 0 Å². The molecule has 1 unspecified atom stereocenters. The molecule has 8 heteroatoms. The van der Waals surface area contributed by atoms with Gasteiger partial charge in [-0.15, -0.1) is 11.8 Å². The van der Waals surface area contributed by atoms with Crippen molar-refractivity contribution in [2.45, 2.75) is 29.9 Å². The third-order valence-electron chi connectivity index (χ3n) is 3.60. The molecule has 2 rings (SSSR count). The van der Waals surface area contributed by atoms with Crippen molar-refractivity contribution in [3.8, 4) is 0 Å². The highest BCUT2D eigenvalue weighted by Gasteiger charge is 2.20. The van der Waals surface area contributed by atoms with Gasteiger partial charge in [0.1, 0.15) is 0 Å². The van der Waals surface area contributed by atoms with Gasteiger partial charge in [0, 0.05) is 30.1 Å². The Kier molecular flexibility index (Phi) is 5.97. The van der Waals surface area contributed by atoms with Gasteiger partial charge in [0.15, 0.2) is 0 Å². The number of nitrogens with zero attached hydrogens (tertiary/aromatic N) is 2. The first-order chi connectivity index (χ1) is 11.0. The normalized spacial score (nSPS) is 15.3. The van der Waals surface area contributed by atoms with E-state index in [0.717, 1.165) is 30.8 Å². The summed E-state index contributed by atoms with van der Waals surface area (Å²) in [5, 5.41) is 12.9. The quantitative estimate of drug-likeness (QED) is 0.485. The zero-order valence-corrected chi connectivity index (χ0v) is 13.7. The van der Waals surface area contributed by atoms with Gasteiger partial charge in [-0.25, -0.2) is 0 Å². The molecule has 1 aliphatic rings. The van der Waals surface area contributed by atoms with Gasteiger partial charge < -0.3 is 10.2 Å². The molecule has 23 heavy (non-hydrogen) atoms. The smallest absolute Gasteiger partial charge is 0.269 e. The van der Waals surface area contributed by atoms with Crippen molar-refractivity contribution in [2.24, 2.45) is 0 Å². The van der Waals surface area contributed by atoms with Crippen molar-refractivity contribution in [3.05, 3.63) is 34.4 Å². The first-order valence-electron chi connectivity index (χ1n) is 7.44. The van der Waals surface area contributed by atoms with Gasteiger partial charge >= 0.3 is 0 Å². The van der Waals surface area contributed by atoms with Crippen molar-refractivity contribution < 1.29 is 14.5 Å². The predicted molar refractivity (Wildman–Crippen MR) is 87.2 cm³/mol. The number of nitro benzene ring substituents is 1. The zero-order chi connectivity index (χ0) is 16.8. The molecule has 0 saturated carbocycles. The number of nitrogens with one attached hydrogen (secondary N) is 1. The highest BCUT2D eigenvalue weighted by molar-refractivity contribution is 8.00. The number of hydrogen-bond acceptors (Lipinski definition) is 5. The van der Waals surface area contributed by atoms with Crippen LogP contribution in [0.4, 0.5) is 5.69 Å². The van der Waals surface area contributed by atoms with E-state index in [0.29, 0.717) is 0 Å². The minimum atomic E-state index is -0.464. The van der Waals surface area contributed by atoms with E-state index in [4.69, 9.17) is 0 Å². The summed E-state index contributed by atoms with van der Waals surface area (Å²) >= 11 is 1.30. The van der Waals surface area contributed by atoms with Gasteiger partial charge in [0.2, 0.25) is 11.8 Å². The summed E-state index contributed by atoms with van der Waals surface area (Å²) in [7, 11) is 0. The maximum atomic E-state index is 12.0. The Morgan fingerprint density at radius 2 is 1.91 bits per heavy atom. The van der Waals surface area contributed by atoms with Gasteiger partial charge in [-0.3, -0.25) is 19.7 Å². The summed E-state index contributed by atoms with van der Waals surface area (Å²) in [4.78, 5) is 36.6. The summed E-state index contributed by atoms with van der Waals surface area (Å²) in [6.07, 6.45) is 2.04. The summed E-state index contributed by atoms with van der Waals surface area (Å²) in [6, 6.07) is 6.04. The fourth-order valence-electron chi connectivity index (χ4n) is 2.29. The lowest BCUT2D eigenvalue weighted by atomic mass is 10.3. The Bertz CT molecular complexity index is 585. The molecule has 0 bridgehead atoms. The molecule has 124 valence electrons. The van der Waals surface area contributed by atoms with Crippen LogP contribution in [0.2, 0.25) is 0 Å². The second-order valence-electron chi connectivity index (χ2n) is 5.32. The van der Waals surface area contributed by atoms with Crippen LogP contribution in [0.5, 0.6) is 0 Å². The minimum absolute atomic E-state index is 0.0164. The van der Waals surface area contributed by atoms with E-state index in [1.165, 1.54) is 23.9 Å². The van der Waals surface area contributed by atoms with E-state index in [1.54, 1.807) is 24.0 Å². The predicted octanol–water partition coefficient (Wildman–Crippen LogP) is 1.81. The van der Waals surface area contributed by atoms with Crippen molar-refractivity contribution in [1.82, 2.24) is 10.2 Å². The van der Waals surface area contributed by atoms with Crippen LogP contribution in [0.25, 0.3) is 0 Å². The average molecular weight is 337 g/mol. The van der Waals surface area contributed by atoms with Crippen molar-refractivity contribution in [3.63, 3.8) is 0 Å². The number of carbonyl (C=O) groups excluding carboxylic acids is 2. The third kappa shape index (κ3) is 4.95. The third-order valence-corrected chi connectivity index (χ3v) is 4.71. The molecule has 0 spiro atoms. The highest BCUT2D eigenvalue weighted by Crippen LogP contribution is 2.25. The number of non-ortho nitro benzene ring substituents is 1. The molecule has 1 aliphatic heterocycles. The van der Waals surface area contributed by atoms with Crippen LogP contribution in [0.3, 0.4) is 0 Å². The Hall–Kier alpha value is -2.09. The van der Waals surface area contributed by atoms with Crippen LogP contribution >= 0.6 is 11.8 Å². The van der Waals surface area contributed by atoms with Crippen molar-refractivity contribution in [1.29, 1.82) is 0 Å². The Morgan fingerprint density at radius 3 is 2.48 bits per heavy atom. The minimum Gasteiger partial charge on any atom is -0.346 e. The highest BCUT2D eigenvalue weighted by atomic mass is 32.2. The maximum absolute atomic E-state index is 12.0. The molecule has 1 aromatic rings. The van der Waals surface area contributed by atoms with Crippen LogP contribution in [0, 0.1) is 10.1 Å². The van der Waals surface area contributed by atoms with E-state index in [9.17, 15) is 19.7 Å². The molecule has 0 radical (unpaired) electrons. The maximum Gasteiger partial charge on any atom is 0.269 e. The Labute approximate surface area is 138 Å². The van der Waals surface area contributed by atoms with Crippen molar-refractivity contribution >= 4 is 29.3 Å². The van der Waals surface area contributed by atoms with Gasteiger partial charge in [0.05, 0.1) is 16.7 Å². The molecule has 1 fully saturated rings. The van der Waals surface area contributed by atoms with Gasteiger partial charge in [0.25, 0.3) is 5.69 Å². The molecule has 1 N–H and O–H groups in total. The van der Waals surface area contributed by atoms with E-state index in [1.807, 2.05) is 0 Å². The van der Waals surface area contributed by atoms with Crippen LogP contribution in [-0.2, 0) is 9.59 Å². The largest absolute Gasteiger partial charge is 0.346 e. The van der Waals surface area contributed by atoms with E-state index in [-0.39, 0.29) is 29.3 Å². The Morgan fingerprint density at radius 1 is 1.30 bits per heavy atom. The summed E-state index contributed by atoms with van der Waals surface area (Å²) in [5.74, 6) is -0.274. The second-order valence-corrected chi connectivity index (χ2v) is 6.73. The molecule has 1 aromatic carbocycles.